The molecule has 0 aliphatic rings. The van der Waals surface area contributed by atoms with E-state index in [9.17, 15) is 4.79 Å². The maximum absolute atomic E-state index is 10.7. The van der Waals surface area contributed by atoms with Crippen LogP contribution in [0, 0.1) is 6.92 Å². The molecule has 0 aliphatic carbocycles. The van der Waals surface area contributed by atoms with E-state index in [1.54, 1.807) is 0 Å². The van der Waals surface area contributed by atoms with Gasteiger partial charge in [-0.25, -0.2) is 9.48 Å². The van der Waals surface area contributed by atoms with Gasteiger partial charge in [-0.3, -0.25) is 0 Å². The molecule has 0 radical (unpaired) electrons. The Morgan fingerprint density at radius 2 is 2.29 bits per heavy atom. The summed E-state index contributed by atoms with van der Waals surface area (Å²) in [5.74, 6) is -1.18. The van der Waals surface area contributed by atoms with Crippen LogP contribution >= 0.6 is 11.6 Å². The zero-order valence-electron chi connectivity index (χ0n) is 9.09. The third-order valence-corrected chi connectivity index (χ3v) is 2.67. The summed E-state index contributed by atoms with van der Waals surface area (Å²) in [6.45, 7) is 2.38. The van der Waals surface area contributed by atoms with E-state index in [-0.39, 0.29) is 10.8 Å². The van der Waals surface area contributed by atoms with E-state index in [2.05, 4.69) is 10.3 Å². The van der Waals surface area contributed by atoms with Crippen molar-refractivity contribution in [3.63, 3.8) is 0 Å². The van der Waals surface area contributed by atoms with Gasteiger partial charge < -0.3 is 5.11 Å². The minimum atomic E-state index is -1.18. The Morgan fingerprint density at radius 1 is 1.53 bits per heavy atom. The van der Waals surface area contributed by atoms with Gasteiger partial charge in [0.05, 0.1) is 6.54 Å². The average Bonchev–Trinajstić information content (AvgIpc) is 2.61. The SMILES string of the molecule is Cc1cccc(Cn2nnc(C(=O)O)c2Cl)c1. The van der Waals surface area contributed by atoms with E-state index in [1.165, 1.54) is 4.68 Å². The third-order valence-electron chi connectivity index (χ3n) is 2.29. The number of aryl methyl sites for hydroxylation is 1. The second-order valence-corrected chi connectivity index (χ2v) is 4.04. The molecule has 2 rings (SSSR count). The van der Waals surface area contributed by atoms with Crippen LogP contribution in [0.15, 0.2) is 24.3 Å². The number of hydrogen-bond acceptors (Lipinski definition) is 3. The monoisotopic (exact) mass is 251 g/mol. The van der Waals surface area contributed by atoms with E-state index >= 15 is 0 Å². The van der Waals surface area contributed by atoms with Crippen molar-refractivity contribution >= 4 is 17.6 Å². The number of carboxylic acids is 1. The predicted octanol–water partition coefficient (Wildman–Crippen LogP) is 1.99. The molecule has 88 valence electrons. The molecule has 1 heterocycles. The molecule has 5 nitrogen and oxygen atoms in total. The molecule has 17 heavy (non-hydrogen) atoms. The van der Waals surface area contributed by atoms with Gasteiger partial charge in [-0.2, -0.15) is 0 Å². The lowest BCUT2D eigenvalue weighted by Gasteiger charge is -2.03. The molecule has 2 aromatic rings. The minimum absolute atomic E-state index is 0.0407. The Labute approximate surface area is 103 Å². The summed E-state index contributed by atoms with van der Waals surface area (Å²) in [5.41, 5.74) is 1.89. The van der Waals surface area contributed by atoms with Gasteiger partial charge >= 0.3 is 5.97 Å². The summed E-state index contributed by atoms with van der Waals surface area (Å²) in [6, 6.07) is 7.81. The van der Waals surface area contributed by atoms with Gasteiger partial charge in [0.1, 0.15) is 0 Å². The molecule has 0 saturated heterocycles. The van der Waals surface area contributed by atoms with Crippen molar-refractivity contribution in [3.05, 3.63) is 46.2 Å². The fraction of sp³-hybridized carbons (Fsp3) is 0.182. The quantitative estimate of drug-likeness (QED) is 0.906. The van der Waals surface area contributed by atoms with E-state index in [1.807, 2.05) is 31.2 Å². The van der Waals surface area contributed by atoms with Crippen molar-refractivity contribution in [2.45, 2.75) is 13.5 Å². The van der Waals surface area contributed by atoms with Crippen molar-refractivity contribution in [2.24, 2.45) is 0 Å². The van der Waals surface area contributed by atoms with Crippen LogP contribution in [-0.2, 0) is 6.54 Å². The van der Waals surface area contributed by atoms with Crippen molar-refractivity contribution in [2.75, 3.05) is 0 Å². The van der Waals surface area contributed by atoms with E-state index in [0.717, 1.165) is 11.1 Å². The van der Waals surface area contributed by atoms with E-state index in [0.29, 0.717) is 6.54 Å². The van der Waals surface area contributed by atoms with Crippen molar-refractivity contribution in [1.29, 1.82) is 0 Å². The maximum atomic E-state index is 10.7. The molecule has 1 N–H and O–H groups in total. The first-order valence-electron chi connectivity index (χ1n) is 4.96. The van der Waals surface area contributed by atoms with Crippen LogP contribution in [0.3, 0.4) is 0 Å². The van der Waals surface area contributed by atoms with Gasteiger partial charge in [0.15, 0.2) is 5.15 Å². The highest BCUT2D eigenvalue weighted by molar-refractivity contribution is 6.32. The fourth-order valence-electron chi connectivity index (χ4n) is 1.52. The van der Waals surface area contributed by atoms with Crippen LogP contribution in [0.25, 0.3) is 0 Å². The molecule has 6 heteroatoms. The number of benzene rings is 1. The Morgan fingerprint density at radius 3 is 2.88 bits per heavy atom. The largest absolute Gasteiger partial charge is 0.476 e. The van der Waals surface area contributed by atoms with E-state index in [4.69, 9.17) is 16.7 Å². The van der Waals surface area contributed by atoms with Gasteiger partial charge in [0.25, 0.3) is 0 Å². The van der Waals surface area contributed by atoms with Gasteiger partial charge in [0, 0.05) is 0 Å². The Hall–Kier alpha value is -1.88. The molecule has 0 bridgehead atoms. The Bertz CT molecular complexity index is 566. The molecule has 0 unspecified atom stereocenters. The van der Waals surface area contributed by atoms with Gasteiger partial charge in [-0.05, 0) is 12.5 Å². The first-order chi connectivity index (χ1) is 8.08. The zero-order valence-corrected chi connectivity index (χ0v) is 9.85. The van der Waals surface area contributed by atoms with Gasteiger partial charge in [-0.1, -0.05) is 46.6 Å². The second-order valence-electron chi connectivity index (χ2n) is 3.68. The molecule has 0 saturated carbocycles. The molecule has 0 spiro atoms. The van der Waals surface area contributed by atoms with Gasteiger partial charge in [-0.15, -0.1) is 5.10 Å². The molecule has 0 atom stereocenters. The first-order valence-corrected chi connectivity index (χ1v) is 5.33. The van der Waals surface area contributed by atoms with E-state index < -0.39 is 5.97 Å². The third kappa shape index (κ3) is 2.45. The highest BCUT2D eigenvalue weighted by Crippen LogP contribution is 2.15. The maximum Gasteiger partial charge on any atom is 0.359 e. The van der Waals surface area contributed by atoms with Crippen LogP contribution in [0.2, 0.25) is 5.15 Å². The summed E-state index contributed by atoms with van der Waals surface area (Å²) in [6.07, 6.45) is 0. The number of nitrogens with zero attached hydrogens (tertiary/aromatic N) is 3. The number of halogens is 1. The highest BCUT2D eigenvalue weighted by atomic mass is 35.5. The number of carboxylic acid groups (broad SMARTS) is 1. The van der Waals surface area contributed by atoms with Crippen LogP contribution in [-0.4, -0.2) is 26.1 Å². The highest BCUT2D eigenvalue weighted by Gasteiger charge is 2.16. The zero-order chi connectivity index (χ0) is 12.4. The van der Waals surface area contributed by atoms with Crippen LogP contribution in [0.4, 0.5) is 0 Å². The normalized spacial score (nSPS) is 10.5. The van der Waals surface area contributed by atoms with Crippen LogP contribution in [0.5, 0.6) is 0 Å². The molecule has 0 fully saturated rings. The Kier molecular flexibility index (Phi) is 3.10. The topological polar surface area (TPSA) is 68.0 Å². The second kappa shape index (κ2) is 4.55. The predicted molar refractivity (Wildman–Crippen MR) is 62.3 cm³/mol. The summed E-state index contributed by atoms with van der Waals surface area (Å²) in [5, 5.41) is 16.1. The van der Waals surface area contributed by atoms with Crippen molar-refractivity contribution < 1.29 is 9.90 Å². The lowest BCUT2D eigenvalue weighted by atomic mass is 10.1. The molecule has 1 aromatic heterocycles. The Balaban J connectivity index is 2.28. The smallest absolute Gasteiger partial charge is 0.359 e. The van der Waals surface area contributed by atoms with Crippen molar-refractivity contribution in [3.8, 4) is 0 Å². The molecule has 1 aromatic carbocycles. The summed E-state index contributed by atoms with van der Waals surface area (Å²) >= 11 is 5.87. The fourth-order valence-corrected chi connectivity index (χ4v) is 1.73. The summed E-state index contributed by atoms with van der Waals surface area (Å²) in [7, 11) is 0. The lowest BCUT2D eigenvalue weighted by Crippen LogP contribution is -2.03. The minimum Gasteiger partial charge on any atom is -0.476 e. The molecular weight excluding hydrogens is 242 g/mol. The molecular formula is C11H10ClN3O2. The lowest BCUT2D eigenvalue weighted by molar-refractivity contribution is 0.0690. The standard InChI is InChI=1S/C11H10ClN3O2/c1-7-3-2-4-8(5-7)6-15-10(12)9(11(16)17)13-14-15/h2-5H,6H2,1H3,(H,16,17). The molecule has 0 aliphatic heterocycles. The number of rotatable bonds is 3. The average molecular weight is 252 g/mol. The summed E-state index contributed by atoms with van der Waals surface area (Å²) < 4.78 is 1.36. The van der Waals surface area contributed by atoms with Crippen molar-refractivity contribution in [1.82, 2.24) is 15.0 Å². The number of carbonyl (C=O) groups is 1. The summed E-state index contributed by atoms with van der Waals surface area (Å²) in [4.78, 5) is 10.7. The van der Waals surface area contributed by atoms with Crippen LogP contribution in [0.1, 0.15) is 21.6 Å². The van der Waals surface area contributed by atoms with Crippen LogP contribution < -0.4 is 0 Å². The van der Waals surface area contributed by atoms with Gasteiger partial charge in [0.2, 0.25) is 5.69 Å². The molecule has 0 amide bonds. The number of aromatic carboxylic acids is 1. The number of aromatic nitrogens is 3. The number of hydrogen-bond donors (Lipinski definition) is 1. The first kappa shape index (κ1) is 11.6.